The lowest BCUT2D eigenvalue weighted by Crippen LogP contribution is -2.41. The molecule has 0 aliphatic carbocycles. The molecular weight excluding hydrogens is 285 g/mol. The summed E-state index contributed by atoms with van der Waals surface area (Å²) in [5, 5.41) is 1.85. The van der Waals surface area contributed by atoms with Crippen LogP contribution in [0.15, 0.2) is 18.2 Å². The van der Waals surface area contributed by atoms with Crippen LogP contribution in [0.1, 0.15) is 37.9 Å². The Bertz CT molecular complexity index is 522. The third-order valence-electron chi connectivity index (χ3n) is 2.62. The van der Waals surface area contributed by atoms with Gasteiger partial charge in [0.05, 0.1) is 0 Å². The van der Waals surface area contributed by atoms with E-state index in [-0.39, 0.29) is 5.56 Å². The number of alkyl carbamates (subject to hydrolysis) is 1. The smallest absolute Gasteiger partial charge is 0.412 e. The molecule has 1 amide bonds. The highest BCUT2D eigenvalue weighted by Gasteiger charge is 2.42. The summed E-state index contributed by atoms with van der Waals surface area (Å²) in [6.07, 6.45) is -5.77. The number of carbonyl (C=O) groups excluding carboxylic acids is 1. The quantitative estimate of drug-likeness (QED) is 0.819. The van der Waals surface area contributed by atoms with Crippen LogP contribution in [0.5, 0.6) is 0 Å². The van der Waals surface area contributed by atoms with E-state index < -0.39 is 23.9 Å². The van der Waals surface area contributed by atoms with E-state index in [1.807, 2.05) is 5.32 Å². The Labute approximate surface area is 121 Å². The molecule has 1 atom stereocenters. The first kappa shape index (κ1) is 17.1. The van der Waals surface area contributed by atoms with Crippen LogP contribution in [0.4, 0.5) is 23.7 Å². The number of nitrogens with one attached hydrogen (secondary N) is 1. The van der Waals surface area contributed by atoms with Crippen molar-refractivity contribution in [1.82, 2.24) is 5.32 Å². The average molecular weight is 304 g/mol. The van der Waals surface area contributed by atoms with Crippen LogP contribution >= 0.6 is 0 Å². The molecule has 0 spiro atoms. The first-order chi connectivity index (χ1) is 9.40. The molecule has 0 saturated heterocycles. The fourth-order valence-electron chi connectivity index (χ4n) is 1.66. The molecule has 118 valence electrons. The molecule has 0 bridgehead atoms. The Kier molecular flexibility index (Phi) is 4.76. The minimum atomic E-state index is -4.64. The number of ether oxygens (including phenoxy) is 1. The van der Waals surface area contributed by atoms with E-state index in [2.05, 4.69) is 0 Å². The van der Waals surface area contributed by atoms with Gasteiger partial charge in [0.1, 0.15) is 5.60 Å². The lowest BCUT2D eigenvalue weighted by molar-refractivity contribution is -0.156. The molecule has 21 heavy (non-hydrogen) atoms. The van der Waals surface area contributed by atoms with Crippen LogP contribution < -0.4 is 11.1 Å². The van der Waals surface area contributed by atoms with E-state index >= 15 is 0 Å². The number of benzene rings is 1. The fourth-order valence-corrected chi connectivity index (χ4v) is 1.66. The number of amides is 1. The van der Waals surface area contributed by atoms with Gasteiger partial charge in [0, 0.05) is 5.69 Å². The lowest BCUT2D eigenvalue weighted by Gasteiger charge is -2.25. The van der Waals surface area contributed by atoms with E-state index in [9.17, 15) is 18.0 Å². The molecule has 0 aliphatic rings. The average Bonchev–Trinajstić information content (AvgIpc) is 2.26. The molecule has 0 fully saturated rings. The highest BCUT2D eigenvalue weighted by atomic mass is 19.4. The van der Waals surface area contributed by atoms with E-state index in [0.29, 0.717) is 11.3 Å². The van der Waals surface area contributed by atoms with Crippen molar-refractivity contribution in [2.45, 2.75) is 45.5 Å². The molecule has 0 saturated carbocycles. The molecule has 0 aliphatic heterocycles. The summed E-state index contributed by atoms with van der Waals surface area (Å²) >= 11 is 0. The van der Waals surface area contributed by atoms with Gasteiger partial charge in [0.15, 0.2) is 6.04 Å². The summed E-state index contributed by atoms with van der Waals surface area (Å²) in [6, 6.07) is 1.76. The normalized spacial score (nSPS) is 13.7. The number of hydrogen-bond acceptors (Lipinski definition) is 3. The summed E-state index contributed by atoms with van der Waals surface area (Å²) in [7, 11) is 0. The number of hydrogen-bond donors (Lipinski definition) is 2. The third kappa shape index (κ3) is 5.17. The maximum atomic E-state index is 13.1. The number of rotatable bonds is 2. The standard InChI is InChI=1S/C14H19F3N2O2/c1-8-7-9(5-6-10(8)18)11(14(15,16)17)19-12(20)21-13(2,3)4/h5-7,11H,18H2,1-4H3,(H,19,20). The van der Waals surface area contributed by atoms with Gasteiger partial charge in [0.2, 0.25) is 0 Å². The van der Waals surface area contributed by atoms with Crippen molar-refractivity contribution in [2.75, 3.05) is 5.73 Å². The second kappa shape index (κ2) is 5.83. The number of anilines is 1. The van der Waals surface area contributed by atoms with Crippen molar-refractivity contribution in [3.8, 4) is 0 Å². The van der Waals surface area contributed by atoms with Gasteiger partial charge >= 0.3 is 12.3 Å². The Morgan fingerprint density at radius 3 is 2.29 bits per heavy atom. The van der Waals surface area contributed by atoms with Crippen LogP contribution in [-0.4, -0.2) is 17.9 Å². The second-order valence-electron chi connectivity index (χ2n) is 5.74. The van der Waals surface area contributed by atoms with Gasteiger partial charge in [-0.15, -0.1) is 0 Å². The number of nitrogens with two attached hydrogens (primary N) is 1. The summed E-state index contributed by atoms with van der Waals surface area (Å²) < 4.78 is 44.3. The molecule has 0 aromatic heterocycles. The zero-order valence-electron chi connectivity index (χ0n) is 12.3. The predicted octanol–water partition coefficient (Wildman–Crippen LogP) is 3.71. The fraction of sp³-hybridized carbons (Fsp3) is 0.500. The van der Waals surface area contributed by atoms with Crippen molar-refractivity contribution in [2.24, 2.45) is 0 Å². The van der Waals surface area contributed by atoms with Gasteiger partial charge in [-0.1, -0.05) is 12.1 Å². The second-order valence-corrected chi connectivity index (χ2v) is 5.74. The van der Waals surface area contributed by atoms with Crippen LogP contribution in [0.2, 0.25) is 0 Å². The van der Waals surface area contributed by atoms with E-state index in [1.54, 1.807) is 27.7 Å². The van der Waals surface area contributed by atoms with Gasteiger partial charge in [0.25, 0.3) is 0 Å². The molecule has 3 N–H and O–H groups in total. The van der Waals surface area contributed by atoms with Crippen LogP contribution in [0.25, 0.3) is 0 Å². The SMILES string of the molecule is Cc1cc(C(NC(=O)OC(C)(C)C)C(F)(F)F)ccc1N. The molecule has 1 aromatic rings. The Balaban J connectivity index is 3.02. The van der Waals surface area contributed by atoms with Crippen molar-refractivity contribution in [3.63, 3.8) is 0 Å². The number of nitrogen functional groups attached to an aromatic ring is 1. The van der Waals surface area contributed by atoms with Gasteiger partial charge in [-0.2, -0.15) is 13.2 Å². The first-order valence-electron chi connectivity index (χ1n) is 6.32. The van der Waals surface area contributed by atoms with Crippen LogP contribution in [0, 0.1) is 6.92 Å². The molecule has 1 aromatic carbocycles. The molecule has 4 nitrogen and oxygen atoms in total. The molecule has 1 rings (SSSR count). The molecule has 0 heterocycles. The van der Waals surface area contributed by atoms with Gasteiger partial charge in [-0.3, -0.25) is 0 Å². The Hall–Kier alpha value is -1.92. The number of halogens is 3. The van der Waals surface area contributed by atoms with Gasteiger partial charge < -0.3 is 15.8 Å². The maximum absolute atomic E-state index is 13.1. The van der Waals surface area contributed by atoms with Gasteiger partial charge in [-0.25, -0.2) is 4.79 Å². The first-order valence-corrected chi connectivity index (χ1v) is 6.32. The summed E-state index contributed by atoms with van der Waals surface area (Å²) in [6.45, 7) is 6.31. The summed E-state index contributed by atoms with van der Waals surface area (Å²) in [5.41, 5.74) is 5.51. The van der Waals surface area contributed by atoms with Crippen molar-refractivity contribution in [1.29, 1.82) is 0 Å². The minimum absolute atomic E-state index is 0.0972. The van der Waals surface area contributed by atoms with Crippen molar-refractivity contribution >= 4 is 11.8 Å². The largest absolute Gasteiger partial charge is 0.444 e. The third-order valence-corrected chi connectivity index (χ3v) is 2.62. The predicted molar refractivity (Wildman–Crippen MR) is 73.8 cm³/mol. The van der Waals surface area contributed by atoms with E-state index in [1.165, 1.54) is 18.2 Å². The Morgan fingerprint density at radius 2 is 1.86 bits per heavy atom. The van der Waals surface area contributed by atoms with Crippen molar-refractivity contribution < 1.29 is 22.7 Å². The molecule has 1 unspecified atom stereocenters. The zero-order valence-corrected chi connectivity index (χ0v) is 12.3. The molecular formula is C14H19F3N2O2. The number of carbonyl (C=O) groups is 1. The summed E-state index contributed by atoms with van der Waals surface area (Å²) in [4.78, 5) is 11.6. The lowest BCUT2D eigenvalue weighted by atomic mass is 10.0. The minimum Gasteiger partial charge on any atom is -0.444 e. The highest BCUT2D eigenvalue weighted by Crippen LogP contribution is 2.34. The zero-order chi connectivity index (χ0) is 16.4. The van der Waals surface area contributed by atoms with Crippen molar-refractivity contribution in [3.05, 3.63) is 29.3 Å². The summed E-state index contributed by atoms with van der Waals surface area (Å²) in [5.74, 6) is 0. The highest BCUT2D eigenvalue weighted by molar-refractivity contribution is 5.68. The van der Waals surface area contributed by atoms with E-state index in [0.717, 1.165) is 0 Å². The van der Waals surface area contributed by atoms with Crippen LogP contribution in [-0.2, 0) is 4.74 Å². The number of aryl methyl sites for hydroxylation is 1. The molecule has 0 radical (unpaired) electrons. The molecule has 7 heteroatoms. The van der Waals surface area contributed by atoms with Gasteiger partial charge in [-0.05, 0) is 44.9 Å². The van der Waals surface area contributed by atoms with E-state index in [4.69, 9.17) is 10.5 Å². The monoisotopic (exact) mass is 304 g/mol. The Morgan fingerprint density at radius 1 is 1.29 bits per heavy atom. The van der Waals surface area contributed by atoms with Crippen LogP contribution in [0.3, 0.4) is 0 Å². The number of alkyl halides is 3. The maximum Gasteiger partial charge on any atom is 0.412 e. The topological polar surface area (TPSA) is 64.3 Å².